The van der Waals surface area contributed by atoms with Crippen LogP contribution in [0.4, 0.5) is 0 Å². The van der Waals surface area contributed by atoms with E-state index in [1.807, 2.05) is 6.20 Å². The Hall–Kier alpha value is -0.830. The molecule has 0 saturated heterocycles. The monoisotopic (exact) mass is 224 g/mol. The predicted molar refractivity (Wildman–Crippen MR) is 66.3 cm³/mol. The quantitative estimate of drug-likeness (QED) is 0.688. The third-order valence-corrected chi connectivity index (χ3v) is 2.79. The molecule has 0 radical (unpaired) electrons. The summed E-state index contributed by atoms with van der Waals surface area (Å²) in [7, 11) is 0. The van der Waals surface area contributed by atoms with Gasteiger partial charge in [0, 0.05) is 12.5 Å². The van der Waals surface area contributed by atoms with Crippen molar-refractivity contribution >= 4 is 0 Å². The van der Waals surface area contributed by atoms with Crippen molar-refractivity contribution in [1.29, 1.82) is 0 Å². The van der Waals surface area contributed by atoms with E-state index in [2.05, 4.69) is 31.1 Å². The van der Waals surface area contributed by atoms with Crippen molar-refractivity contribution < 1.29 is 4.42 Å². The Morgan fingerprint density at radius 3 is 2.81 bits per heavy atom. The third kappa shape index (κ3) is 4.79. The standard InChI is InChI=1S/C13H24N2O/c1-4-6-7-8-11(3)14-10-13-15-9-12(5-2)16-13/h9,11,14H,4-8,10H2,1-3H3. The van der Waals surface area contributed by atoms with E-state index in [9.17, 15) is 0 Å². The largest absolute Gasteiger partial charge is 0.444 e. The summed E-state index contributed by atoms with van der Waals surface area (Å²) >= 11 is 0. The van der Waals surface area contributed by atoms with Crippen molar-refractivity contribution in [3.63, 3.8) is 0 Å². The van der Waals surface area contributed by atoms with Crippen LogP contribution >= 0.6 is 0 Å². The summed E-state index contributed by atoms with van der Waals surface area (Å²) in [6.07, 6.45) is 7.88. The summed E-state index contributed by atoms with van der Waals surface area (Å²) in [4.78, 5) is 4.23. The van der Waals surface area contributed by atoms with Crippen LogP contribution in [-0.2, 0) is 13.0 Å². The Morgan fingerprint density at radius 2 is 2.19 bits per heavy atom. The Bertz CT molecular complexity index is 283. The van der Waals surface area contributed by atoms with Crippen LogP contribution in [0.1, 0.15) is 58.1 Å². The van der Waals surface area contributed by atoms with Crippen molar-refractivity contribution in [2.24, 2.45) is 0 Å². The molecule has 92 valence electrons. The Labute approximate surface area is 98.6 Å². The second kappa shape index (κ2) is 7.44. The fourth-order valence-corrected chi connectivity index (χ4v) is 1.66. The first-order valence-electron chi connectivity index (χ1n) is 6.43. The average Bonchev–Trinajstić information content (AvgIpc) is 2.74. The van der Waals surface area contributed by atoms with Crippen molar-refractivity contribution in [1.82, 2.24) is 10.3 Å². The molecular formula is C13H24N2O. The summed E-state index contributed by atoms with van der Waals surface area (Å²) in [5, 5.41) is 3.44. The molecule has 1 atom stereocenters. The van der Waals surface area contributed by atoms with E-state index < -0.39 is 0 Å². The molecule has 1 aromatic rings. The second-order valence-electron chi connectivity index (χ2n) is 4.35. The molecule has 1 aromatic heterocycles. The minimum Gasteiger partial charge on any atom is -0.444 e. The number of aromatic nitrogens is 1. The highest BCUT2D eigenvalue weighted by atomic mass is 16.4. The molecule has 1 N–H and O–H groups in total. The number of aryl methyl sites for hydroxylation is 1. The number of hydrogen-bond donors (Lipinski definition) is 1. The molecular weight excluding hydrogens is 200 g/mol. The van der Waals surface area contributed by atoms with Crippen LogP contribution in [0.3, 0.4) is 0 Å². The molecule has 1 heterocycles. The number of nitrogens with zero attached hydrogens (tertiary/aromatic N) is 1. The van der Waals surface area contributed by atoms with Gasteiger partial charge in [-0.25, -0.2) is 4.98 Å². The topological polar surface area (TPSA) is 38.1 Å². The lowest BCUT2D eigenvalue weighted by Gasteiger charge is -2.11. The van der Waals surface area contributed by atoms with Crippen LogP contribution in [0.2, 0.25) is 0 Å². The molecule has 16 heavy (non-hydrogen) atoms. The van der Waals surface area contributed by atoms with Gasteiger partial charge in [0.2, 0.25) is 5.89 Å². The van der Waals surface area contributed by atoms with Crippen molar-refractivity contribution in [2.75, 3.05) is 0 Å². The zero-order valence-corrected chi connectivity index (χ0v) is 10.8. The first kappa shape index (κ1) is 13.2. The zero-order chi connectivity index (χ0) is 11.8. The molecule has 0 amide bonds. The summed E-state index contributed by atoms with van der Waals surface area (Å²) in [5.74, 6) is 1.77. The molecule has 0 aliphatic heterocycles. The van der Waals surface area contributed by atoms with E-state index in [0.29, 0.717) is 6.04 Å². The molecule has 0 bridgehead atoms. The maximum Gasteiger partial charge on any atom is 0.208 e. The first-order valence-corrected chi connectivity index (χ1v) is 6.43. The van der Waals surface area contributed by atoms with Crippen LogP contribution in [-0.4, -0.2) is 11.0 Å². The van der Waals surface area contributed by atoms with Crippen molar-refractivity contribution in [3.8, 4) is 0 Å². The van der Waals surface area contributed by atoms with E-state index in [4.69, 9.17) is 4.42 Å². The van der Waals surface area contributed by atoms with Gasteiger partial charge in [-0.3, -0.25) is 0 Å². The van der Waals surface area contributed by atoms with Gasteiger partial charge in [0.1, 0.15) is 5.76 Å². The molecule has 3 heteroatoms. The molecule has 1 rings (SSSR count). The molecule has 0 fully saturated rings. The number of hydrogen-bond acceptors (Lipinski definition) is 3. The third-order valence-electron chi connectivity index (χ3n) is 2.79. The highest BCUT2D eigenvalue weighted by Crippen LogP contribution is 2.06. The van der Waals surface area contributed by atoms with Gasteiger partial charge in [0.25, 0.3) is 0 Å². The van der Waals surface area contributed by atoms with E-state index in [-0.39, 0.29) is 0 Å². The van der Waals surface area contributed by atoms with Crippen LogP contribution < -0.4 is 5.32 Å². The zero-order valence-electron chi connectivity index (χ0n) is 10.8. The lowest BCUT2D eigenvalue weighted by molar-refractivity contribution is 0.409. The maximum absolute atomic E-state index is 5.54. The van der Waals surface area contributed by atoms with Crippen LogP contribution in [0.5, 0.6) is 0 Å². The van der Waals surface area contributed by atoms with Crippen LogP contribution in [0.25, 0.3) is 0 Å². The minimum absolute atomic E-state index is 0.545. The summed E-state index contributed by atoms with van der Waals surface area (Å²) in [5.41, 5.74) is 0. The number of oxazole rings is 1. The molecule has 3 nitrogen and oxygen atoms in total. The van der Waals surface area contributed by atoms with E-state index in [0.717, 1.165) is 24.6 Å². The molecule has 0 aromatic carbocycles. The molecule has 0 saturated carbocycles. The fourth-order valence-electron chi connectivity index (χ4n) is 1.66. The average molecular weight is 224 g/mol. The number of unbranched alkanes of at least 4 members (excludes halogenated alkanes) is 2. The highest BCUT2D eigenvalue weighted by Gasteiger charge is 2.05. The normalized spacial score (nSPS) is 12.9. The molecule has 1 unspecified atom stereocenters. The minimum atomic E-state index is 0.545. The Morgan fingerprint density at radius 1 is 1.38 bits per heavy atom. The van der Waals surface area contributed by atoms with Gasteiger partial charge in [0.05, 0.1) is 12.7 Å². The fraction of sp³-hybridized carbons (Fsp3) is 0.769. The molecule has 0 aliphatic carbocycles. The first-order chi connectivity index (χ1) is 7.76. The van der Waals surface area contributed by atoms with Gasteiger partial charge in [-0.1, -0.05) is 33.1 Å². The second-order valence-corrected chi connectivity index (χ2v) is 4.35. The molecule has 0 aliphatic rings. The molecule has 0 spiro atoms. The van der Waals surface area contributed by atoms with Gasteiger partial charge >= 0.3 is 0 Å². The van der Waals surface area contributed by atoms with Crippen molar-refractivity contribution in [2.45, 2.75) is 65.5 Å². The van der Waals surface area contributed by atoms with Crippen LogP contribution in [0.15, 0.2) is 10.6 Å². The van der Waals surface area contributed by atoms with Gasteiger partial charge in [-0.15, -0.1) is 0 Å². The SMILES string of the molecule is CCCCCC(C)NCc1ncc(CC)o1. The smallest absolute Gasteiger partial charge is 0.208 e. The van der Waals surface area contributed by atoms with E-state index in [1.54, 1.807) is 0 Å². The maximum atomic E-state index is 5.54. The summed E-state index contributed by atoms with van der Waals surface area (Å²) in [6.45, 7) is 7.27. The lowest BCUT2D eigenvalue weighted by atomic mass is 10.1. The Kier molecular flexibility index (Phi) is 6.16. The highest BCUT2D eigenvalue weighted by molar-refractivity contribution is 4.93. The lowest BCUT2D eigenvalue weighted by Crippen LogP contribution is -2.25. The van der Waals surface area contributed by atoms with Gasteiger partial charge in [-0.2, -0.15) is 0 Å². The van der Waals surface area contributed by atoms with Crippen LogP contribution in [0, 0.1) is 0 Å². The van der Waals surface area contributed by atoms with Crippen molar-refractivity contribution in [3.05, 3.63) is 17.8 Å². The van der Waals surface area contributed by atoms with Gasteiger partial charge in [-0.05, 0) is 13.3 Å². The van der Waals surface area contributed by atoms with Gasteiger partial charge in [0.15, 0.2) is 0 Å². The predicted octanol–water partition coefficient (Wildman–Crippen LogP) is 3.30. The van der Waals surface area contributed by atoms with Gasteiger partial charge < -0.3 is 9.73 Å². The summed E-state index contributed by atoms with van der Waals surface area (Å²) in [6, 6.07) is 0.545. The summed E-state index contributed by atoms with van der Waals surface area (Å²) < 4.78 is 5.54. The van der Waals surface area contributed by atoms with E-state index >= 15 is 0 Å². The number of nitrogens with one attached hydrogen (secondary N) is 1. The Balaban J connectivity index is 2.18. The number of rotatable bonds is 8. The van der Waals surface area contributed by atoms with E-state index in [1.165, 1.54) is 25.7 Å².